The van der Waals surface area contributed by atoms with E-state index in [2.05, 4.69) is 20.9 Å². The zero-order valence-electron chi connectivity index (χ0n) is 17.0. The van der Waals surface area contributed by atoms with Crippen LogP contribution in [0.5, 0.6) is 5.75 Å². The average molecular weight is 503 g/mol. The van der Waals surface area contributed by atoms with E-state index >= 15 is 0 Å². The molecule has 3 heterocycles. The molecular weight excluding hydrogens is 484 g/mol. The highest BCUT2D eigenvalue weighted by molar-refractivity contribution is 9.10. The predicted octanol–water partition coefficient (Wildman–Crippen LogP) is 3.16. The Hall–Kier alpha value is -2.91. The van der Waals surface area contributed by atoms with Gasteiger partial charge in [0, 0.05) is 6.08 Å². The monoisotopic (exact) mass is 502 g/mol. The number of thiazole rings is 1. The van der Waals surface area contributed by atoms with Gasteiger partial charge in [0.25, 0.3) is 5.56 Å². The molecule has 1 atom stereocenters. The van der Waals surface area contributed by atoms with Gasteiger partial charge >= 0.3 is 5.97 Å². The topological polar surface area (TPSA) is 83.0 Å². The van der Waals surface area contributed by atoms with Crippen LogP contribution < -0.4 is 19.6 Å². The summed E-state index contributed by atoms with van der Waals surface area (Å²) in [6, 6.07) is 10.1. The molecule has 2 aromatic heterocycles. The number of carbonyl (C=O) groups excluding carboxylic acids is 1. The minimum Gasteiger partial charge on any atom is -0.497 e. The van der Waals surface area contributed by atoms with Gasteiger partial charge in [-0.2, -0.15) is 0 Å². The van der Waals surface area contributed by atoms with E-state index in [4.69, 9.17) is 13.9 Å². The number of hydrogen-bond donors (Lipinski definition) is 0. The van der Waals surface area contributed by atoms with Crippen molar-refractivity contribution in [3.63, 3.8) is 0 Å². The molecule has 3 aromatic rings. The Labute approximate surface area is 190 Å². The molecule has 0 radical (unpaired) electrons. The number of nitrogens with zero attached hydrogens (tertiary/aromatic N) is 2. The maximum atomic E-state index is 13.4. The van der Waals surface area contributed by atoms with Crippen LogP contribution in [0.3, 0.4) is 0 Å². The Morgan fingerprint density at radius 2 is 2.16 bits per heavy atom. The van der Waals surface area contributed by atoms with E-state index in [1.54, 1.807) is 39.2 Å². The van der Waals surface area contributed by atoms with E-state index in [1.165, 1.54) is 15.9 Å². The van der Waals surface area contributed by atoms with E-state index in [0.29, 0.717) is 36.8 Å². The van der Waals surface area contributed by atoms with Crippen LogP contribution in [0.4, 0.5) is 0 Å². The molecule has 0 saturated heterocycles. The first-order valence-electron chi connectivity index (χ1n) is 9.52. The highest BCUT2D eigenvalue weighted by Crippen LogP contribution is 2.32. The van der Waals surface area contributed by atoms with Crippen molar-refractivity contribution in [1.29, 1.82) is 0 Å². The van der Waals surface area contributed by atoms with Crippen LogP contribution in [0, 0.1) is 0 Å². The number of benzene rings is 1. The van der Waals surface area contributed by atoms with Crippen molar-refractivity contribution in [2.24, 2.45) is 4.99 Å². The molecule has 0 aliphatic carbocycles. The molecular formula is C22H19BrN2O5S. The molecule has 9 heteroatoms. The minimum atomic E-state index is -0.684. The fourth-order valence-electron chi connectivity index (χ4n) is 3.45. The molecule has 1 aromatic carbocycles. The van der Waals surface area contributed by atoms with Gasteiger partial charge in [-0.1, -0.05) is 23.5 Å². The van der Waals surface area contributed by atoms with E-state index < -0.39 is 12.0 Å². The van der Waals surface area contributed by atoms with E-state index in [9.17, 15) is 9.59 Å². The van der Waals surface area contributed by atoms with Gasteiger partial charge in [0.05, 0.1) is 35.6 Å². The van der Waals surface area contributed by atoms with Crippen LogP contribution in [-0.4, -0.2) is 24.3 Å². The number of hydrogen-bond acceptors (Lipinski definition) is 7. The minimum absolute atomic E-state index is 0.220. The normalized spacial score (nSPS) is 16.1. The summed E-state index contributed by atoms with van der Waals surface area (Å²) in [5.74, 6) is 0.662. The maximum Gasteiger partial charge on any atom is 0.338 e. The second-order valence-corrected chi connectivity index (χ2v) is 8.51. The van der Waals surface area contributed by atoms with Gasteiger partial charge < -0.3 is 13.9 Å². The SMILES string of the molecule is CCOC(=O)C1=C(C)N=c2s/c(=C\c3ccc(Br)o3)c(=O)n2C1c1cccc(OC)c1. The Morgan fingerprint density at radius 3 is 2.84 bits per heavy atom. The molecule has 1 aliphatic rings. The number of allylic oxidation sites excluding steroid dienone is 1. The molecule has 0 saturated carbocycles. The summed E-state index contributed by atoms with van der Waals surface area (Å²) >= 11 is 4.51. The standard InChI is InChI=1S/C22H19BrN2O5S/c1-4-29-21(27)18-12(2)24-22-25(19(18)13-6-5-7-14(10-13)28-3)20(26)16(31-22)11-15-8-9-17(23)30-15/h5-11,19H,4H2,1-3H3/b16-11-. The quantitative estimate of drug-likeness (QED) is 0.500. The van der Waals surface area contributed by atoms with Crippen molar-refractivity contribution in [2.45, 2.75) is 19.9 Å². The Balaban J connectivity index is 1.97. The third-order valence-electron chi connectivity index (χ3n) is 4.79. The van der Waals surface area contributed by atoms with Crippen LogP contribution in [-0.2, 0) is 9.53 Å². The second kappa shape index (κ2) is 8.68. The summed E-state index contributed by atoms with van der Waals surface area (Å²) in [5, 5.41) is 0. The van der Waals surface area contributed by atoms with Gasteiger partial charge in [-0.15, -0.1) is 0 Å². The van der Waals surface area contributed by atoms with Gasteiger partial charge in [0.2, 0.25) is 0 Å². The first-order chi connectivity index (χ1) is 14.9. The van der Waals surface area contributed by atoms with E-state index in [-0.39, 0.29) is 12.2 Å². The van der Waals surface area contributed by atoms with Crippen molar-refractivity contribution in [2.75, 3.05) is 13.7 Å². The molecule has 0 N–H and O–H groups in total. The molecule has 0 spiro atoms. The molecule has 4 rings (SSSR count). The number of ether oxygens (including phenoxy) is 2. The number of methoxy groups -OCH3 is 1. The molecule has 1 aliphatic heterocycles. The van der Waals surface area contributed by atoms with Gasteiger partial charge in [-0.3, -0.25) is 9.36 Å². The Bertz CT molecular complexity index is 1360. The summed E-state index contributed by atoms with van der Waals surface area (Å²) in [4.78, 5) is 31.3. The first kappa shape index (κ1) is 21.3. The van der Waals surface area contributed by atoms with Crippen LogP contribution >= 0.6 is 27.3 Å². The summed E-state index contributed by atoms with van der Waals surface area (Å²) < 4.78 is 18.7. The molecule has 0 fully saturated rings. The largest absolute Gasteiger partial charge is 0.497 e. The average Bonchev–Trinajstić information content (AvgIpc) is 3.30. The number of fused-ring (bicyclic) bond motifs is 1. The third kappa shape index (κ3) is 4.03. The lowest BCUT2D eigenvalue weighted by Crippen LogP contribution is -2.39. The lowest BCUT2D eigenvalue weighted by molar-refractivity contribution is -0.139. The lowest BCUT2D eigenvalue weighted by atomic mass is 9.95. The number of halogens is 1. The maximum absolute atomic E-state index is 13.4. The highest BCUT2D eigenvalue weighted by Gasteiger charge is 2.33. The molecule has 31 heavy (non-hydrogen) atoms. The number of carbonyl (C=O) groups is 1. The van der Waals surface area contributed by atoms with Crippen molar-refractivity contribution in [3.05, 3.63) is 83.3 Å². The van der Waals surface area contributed by atoms with Crippen LogP contribution in [0.15, 0.2) is 66.5 Å². The molecule has 0 amide bonds. The third-order valence-corrected chi connectivity index (χ3v) is 6.20. The van der Waals surface area contributed by atoms with E-state index in [0.717, 1.165) is 5.56 Å². The fourth-order valence-corrected chi connectivity index (χ4v) is 4.80. The Morgan fingerprint density at radius 1 is 1.35 bits per heavy atom. The number of aromatic nitrogens is 1. The summed E-state index contributed by atoms with van der Waals surface area (Å²) in [6.07, 6.45) is 1.67. The van der Waals surface area contributed by atoms with Gasteiger partial charge in [0.15, 0.2) is 9.47 Å². The number of furan rings is 1. The molecule has 7 nitrogen and oxygen atoms in total. The molecule has 1 unspecified atom stereocenters. The summed E-state index contributed by atoms with van der Waals surface area (Å²) in [7, 11) is 1.57. The zero-order chi connectivity index (χ0) is 22.1. The number of esters is 1. The Kier molecular flexibility index (Phi) is 5.97. The van der Waals surface area contributed by atoms with Crippen LogP contribution in [0.2, 0.25) is 0 Å². The van der Waals surface area contributed by atoms with Gasteiger partial charge in [0.1, 0.15) is 11.5 Å². The van der Waals surface area contributed by atoms with Gasteiger partial charge in [-0.05, 0) is 59.6 Å². The molecule has 160 valence electrons. The van der Waals surface area contributed by atoms with Crippen molar-refractivity contribution in [3.8, 4) is 5.75 Å². The highest BCUT2D eigenvalue weighted by atomic mass is 79.9. The smallest absolute Gasteiger partial charge is 0.338 e. The first-order valence-corrected chi connectivity index (χ1v) is 11.1. The fraction of sp³-hybridized carbons (Fsp3) is 0.227. The number of rotatable bonds is 5. The van der Waals surface area contributed by atoms with Crippen molar-refractivity contribution < 1.29 is 18.7 Å². The van der Waals surface area contributed by atoms with E-state index in [1.807, 2.05) is 24.3 Å². The van der Waals surface area contributed by atoms with Gasteiger partial charge in [-0.25, -0.2) is 9.79 Å². The lowest BCUT2D eigenvalue weighted by Gasteiger charge is -2.24. The summed E-state index contributed by atoms with van der Waals surface area (Å²) in [6.45, 7) is 3.71. The van der Waals surface area contributed by atoms with Crippen molar-refractivity contribution in [1.82, 2.24) is 4.57 Å². The van der Waals surface area contributed by atoms with Crippen LogP contribution in [0.25, 0.3) is 6.08 Å². The molecule has 0 bridgehead atoms. The zero-order valence-corrected chi connectivity index (χ0v) is 19.5. The van der Waals surface area contributed by atoms with Crippen LogP contribution in [0.1, 0.15) is 31.2 Å². The predicted molar refractivity (Wildman–Crippen MR) is 120 cm³/mol. The summed E-state index contributed by atoms with van der Waals surface area (Å²) in [5.41, 5.74) is 1.30. The van der Waals surface area contributed by atoms with Crippen molar-refractivity contribution >= 4 is 39.3 Å². The second-order valence-electron chi connectivity index (χ2n) is 6.72.